The van der Waals surface area contributed by atoms with Gasteiger partial charge in [0.25, 0.3) is 0 Å². The molecule has 0 aliphatic heterocycles. The van der Waals surface area contributed by atoms with Crippen LogP contribution in [-0.2, 0) is 6.42 Å². The molecule has 0 radical (unpaired) electrons. The van der Waals surface area contributed by atoms with Gasteiger partial charge in [0.2, 0.25) is 0 Å². The highest BCUT2D eigenvalue weighted by Crippen LogP contribution is 2.17. The van der Waals surface area contributed by atoms with Crippen molar-refractivity contribution in [3.05, 3.63) is 53.5 Å². The fraction of sp³-hybridized carbons (Fsp3) is 0.267. The van der Waals surface area contributed by atoms with E-state index in [-0.39, 0.29) is 5.56 Å². The van der Waals surface area contributed by atoms with Gasteiger partial charge in [0.15, 0.2) is 0 Å². The van der Waals surface area contributed by atoms with Gasteiger partial charge in [0, 0.05) is 31.7 Å². The summed E-state index contributed by atoms with van der Waals surface area (Å²) in [6, 6.07) is 7.22. The first-order valence-electron chi connectivity index (χ1n) is 6.39. The maximum Gasteiger partial charge on any atom is 0.339 e. The lowest BCUT2D eigenvalue weighted by atomic mass is 10.2. The molecule has 104 valence electrons. The van der Waals surface area contributed by atoms with E-state index in [0.29, 0.717) is 12.4 Å². The van der Waals surface area contributed by atoms with E-state index < -0.39 is 5.97 Å². The number of nitrogens with zero attached hydrogens (tertiary/aromatic N) is 3. The summed E-state index contributed by atoms with van der Waals surface area (Å²) in [6.45, 7) is 2.55. The molecule has 0 aromatic carbocycles. The third-order valence-electron chi connectivity index (χ3n) is 3.09. The third-order valence-corrected chi connectivity index (χ3v) is 3.09. The Morgan fingerprint density at radius 2 is 1.95 bits per heavy atom. The van der Waals surface area contributed by atoms with Crippen LogP contribution in [0.5, 0.6) is 0 Å². The predicted molar refractivity (Wildman–Crippen MR) is 77.1 cm³/mol. The van der Waals surface area contributed by atoms with Gasteiger partial charge in [0.1, 0.15) is 11.4 Å². The number of carboxylic acids is 1. The number of hydrogen-bond acceptors (Lipinski definition) is 4. The molecule has 2 heterocycles. The van der Waals surface area contributed by atoms with Gasteiger partial charge in [-0.15, -0.1) is 0 Å². The Hall–Kier alpha value is -2.43. The van der Waals surface area contributed by atoms with Crippen molar-refractivity contribution in [1.82, 2.24) is 9.97 Å². The Morgan fingerprint density at radius 1 is 1.25 bits per heavy atom. The van der Waals surface area contributed by atoms with Crippen LogP contribution in [0.3, 0.4) is 0 Å². The number of carbonyl (C=O) groups is 1. The Balaban J connectivity index is 2.14. The molecular weight excluding hydrogens is 254 g/mol. The fourth-order valence-corrected chi connectivity index (χ4v) is 1.95. The summed E-state index contributed by atoms with van der Waals surface area (Å²) in [6.07, 6.45) is 4.32. The van der Waals surface area contributed by atoms with E-state index in [1.165, 1.54) is 0 Å². The zero-order chi connectivity index (χ0) is 14.5. The molecule has 0 bridgehead atoms. The van der Waals surface area contributed by atoms with Crippen LogP contribution in [0.25, 0.3) is 0 Å². The van der Waals surface area contributed by atoms with Gasteiger partial charge < -0.3 is 10.0 Å². The first kappa shape index (κ1) is 14.0. The van der Waals surface area contributed by atoms with Crippen LogP contribution in [0.4, 0.5) is 5.82 Å². The van der Waals surface area contributed by atoms with Gasteiger partial charge in [-0.25, -0.2) is 9.78 Å². The van der Waals surface area contributed by atoms with Crippen molar-refractivity contribution in [2.45, 2.75) is 13.3 Å². The predicted octanol–water partition coefficient (Wildman–Crippen LogP) is 2.16. The maximum absolute atomic E-state index is 11.2. The van der Waals surface area contributed by atoms with Crippen molar-refractivity contribution in [3.63, 3.8) is 0 Å². The van der Waals surface area contributed by atoms with Crippen molar-refractivity contribution < 1.29 is 9.90 Å². The van der Waals surface area contributed by atoms with Gasteiger partial charge >= 0.3 is 5.97 Å². The number of anilines is 1. The summed E-state index contributed by atoms with van der Waals surface area (Å²) >= 11 is 0. The monoisotopic (exact) mass is 271 g/mol. The van der Waals surface area contributed by atoms with Gasteiger partial charge in [-0.1, -0.05) is 0 Å². The van der Waals surface area contributed by atoms with E-state index in [9.17, 15) is 9.90 Å². The highest BCUT2D eigenvalue weighted by molar-refractivity contribution is 5.93. The third kappa shape index (κ3) is 3.32. The van der Waals surface area contributed by atoms with Crippen molar-refractivity contribution in [2.24, 2.45) is 0 Å². The van der Waals surface area contributed by atoms with Crippen LogP contribution in [0.2, 0.25) is 0 Å². The van der Waals surface area contributed by atoms with Gasteiger partial charge in [-0.2, -0.15) is 0 Å². The number of aromatic nitrogens is 2. The Labute approximate surface area is 117 Å². The molecule has 2 aromatic heterocycles. The molecule has 2 rings (SSSR count). The topological polar surface area (TPSA) is 66.3 Å². The molecule has 0 spiro atoms. The highest BCUT2D eigenvalue weighted by atomic mass is 16.4. The van der Waals surface area contributed by atoms with Crippen LogP contribution in [-0.4, -0.2) is 34.6 Å². The largest absolute Gasteiger partial charge is 0.478 e. The molecule has 0 aliphatic rings. The number of aromatic carboxylic acids is 1. The summed E-state index contributed by atoms with van der Waals surface area (Å²) in [5.74, 6) is -0.449. The highest BCUT2D eigenvalue weighted by Gasteiger charge is 2.15. The average Bonchev–Trinajstić information content (AvgIpc) is 2.45. The zero-order valence-electron chi connectivity index (χ0n) is 11.6. The fourth-order valence-electron chi connectivity index (χ4n) is 1.95. The van der Waals surface area contributed by atoms with Crippen LogP contribution in [0, 0.1) is 6.92 Å². The molecule has 5 nitrogen and oxygen atoms in total. The Kier molecular flexibility index (Phi) is 4.30. The molecule has 0 amide bonds. The number of hydrogen-bond donors (Lipinski definition) is 1. The molecule has 2 aromatic rings. The molecule has 0 saturated carbocycles. The van der Waals surface area contributed by atoms with Crippen LogP contribution in [0.1, 0.15) is 21.6 Å². The molecule has 0 unspecified atom stereocenters. The van der Waals surface area contributed by atoms with Crippen LogP contribution < -0.4 is 4.90 Å². The second-order valence-corrected chi connectivity index (χ2v) is 4.66. The van der Waals surface area contributed by atoms with Gasteiger partial charge in [-0.3, -0.25) is 4.98 Å². The minimum atomic E-state index is -0.955. The second-order valence-electron chi connectivity index (χ2n) is 4.66. The number of carboxylic acid groups (broad SMARTS) is 1. The normalized spacial score (nSPS) is 10.3. The molecule has 0 fully saturated rings. The van der Waals surface area contributed by atoms with Gasteiger partial charge in [0.05, 0.1) is 0 Å². The average molecular weight is 271 g/mol. The number of aryl methyl sites for hydroxylation is 1. The minimum Gasteiger partial charge on any atom is -0.478 e. The summed E-state index contributed by atoms with van der Waals surface area (Å²) in [7, 11) is 1.86. The summed E-state index contributed by atoms with van der Waals surface area (Å²) < 4.78 is 0. The smallest absolute Gasteiger partial charge is 0.339 e. The van der Waals surface area contributed by atoms with Crippen molar-refractivity contribution >= 4 is 11.8 Å². The number of pyridine rings is 2. The SMILES string of the molecule is Cc1ccc(C(=O)O)c(N(C)CCc2ccncc2)n1. The summed E-state index contributed by atoms with van der Waals surface area (Å²) in [4.78, 5) is 21.4. The lowest BCUT2D eigenvalue weighted by Gasteiger charge is -2.20. The lowest BCUT2D eigenvalue weighted by molar-refractivity contribution is 0.0697. The Morgan fingerprint density at radius 3 is 2.60 bits per heavy atom. The van der Waals surface area contributed by atoms with Crippen molar-refractivity contribution in [1.29, 1.82) is 0 Å². The summed E-state index contributed by atoms with van der Waals surface area (Å²) in [5.41, 5.74) is 2.20. The summed E-state index contributed by atoms with van der Waals surface area (Å²) in [5, 5.41) is 9.22. The standard InChI is InChI=1S/C15H17N3O2/c1-11-3-4-13(15(19)20)14(17-11)18(2)10-7-12-5-8-16-9-6-12/h3-6,8-9H,7,10H2,1-2H3,(H,19,20). The van der Waals surface area contributed by atoms with Crippen LogP contribution >= 0.6 is 0 Å². The lowest BCUT2D eigenvalue weighted by Crippen LogP contribution is -2.24. The number of rotatable bonds is 5. The van der Waals surface area contributed by atoms with E-state index in [0.717, 1.165) is 17.7 Å². The quantitative estimate of drug-likeness (QED) is 0.902. The molecule has 0 aliphatic carbocycles. The maximum atomic E-state index is 11.2. The first-order chi connectivity index (χ1) is 9.58. The molecule has 1 N–H and O–H groups in total. The van der Waals surface area contributed by atoms with E-state index in [2.05, 4.69) is 9.97 Å². The molecule has 0 saturated heterocycles. The van der Waals surface area contributed by atoms with E-state index >= 15 is 0 Å². The molecule has 20 heavy (non-hydrogen) atoms. The Bertz CT molecular complexity index is 599. The van der Waals surface area contributed by atoms with Crippen molar-refractivity contribution in [2.75, 3.05) is 18.5 Å². The van der Waals surface area contributed by atoms with E-state index in [4.69, 9.17) is 0 Å². The van der Waals surface area contributed by atoms with Gasteiger partial charge in [-0.05, 0) is 43.2 Å². The molecule has 5 heteroatoms. The van der Waals surface area contributed by atoms with Crippen LogP contribution in [0.15, 0.2) is 36.7 Å². The first-order valence-corrected chi connectivity index (χ1v) is 6.39. The minimum absolute atomic E-state index is 0.229. The number of likely N-dealkylation sites (N-methyl/N-ethyl adjacent to an activating group) is 1. The van der Waals surface area contributed by atoms with Crippen molar-refractivity contribution in [3.8, 4) is 0 Å². The van der Waals surface area contributed by atoms with E-state index in [1.54, 1.807) is 24.5 Å². The van der Waals surface area contributed by atoms with E-state index in [1.807, 2.05) is 31.0 Å². The molecular formula is C15H17N3O2. The zero-order valence-corrected chi connectivity index (χ0v) is 11.6. The molecule has 0 atom stereocenters. The second kappa shape index (κ2) is 6.14.